The first-order chi connectivity index (χ1) is 8.06. The summed E-state index contributed by atoms with van der Waals surface area (Å²) in [5.41, 5.74) is 0.00349. The SMILES string of the molecule is OC1CC(COCc2cc(F)c(F)cc2F)C1. The maximum atomic E-state index is 13.2. The zero-order valence-corrected chi connectivity index (χ0v) is 9.13. The van der Waals surface area contributed by atoms with Gasteiger partial charge in [0.1, 0.15) is 5.82 Å². The van der Waals surface area contributed by atoms with E-state index in [4.69, 9.17) is 9.84 Å². The fourth-order valence-electron chi connectivity index (χ4n) is 1.85. The Morgan fingerprint density at radius 1 is 1.12 bits per heavy atom. The molecule has 0 aliphatic heterocycles. The van der Waals surface area contributed by atoms with Gasteiger partial charge >= 0.3 is 0 Å². The minimum absolute atomic E-state index is 0.00349. The van der Waals surface area contributed by atoms with E-state index in [-0.39, 0.29) is 24.2 Å². The number of ether oxygens (including phenoxy) is 1. The molecule has 5 heteroatoms. The minimum atomic E-state index is -1.20. The summed E-state index contributed by atoms with van der Waals surface area (Å²) < 4.78 is 43.9. The first kappa shape index (κ1) is 12.4. The Balaban J connectivity index is 1.84. The van der Waals surface area contributed by atoms with Crippen molar-refractivity contribution in [1.29, 1.82) is 0 Å². The smallest absolute Gasteiger partial charge is 0.161 e. The highest BCUT2D eigenvalue weighted by Gasteiger charge is 2.27. The Hall–Kier alpha value is -1.07. The highest BCUT2D eigenvalue weighted by atomic mass is 19.2. The molecule has 1 aliphatic rings. The molecule has 94 valence electrons. The van der Waals surface area contributed by atoms with Gasteiger partial charge in [-0.05, 0) is 24.8 Å². The second-order valence-electron chi connectivity index (χ2n) is 4.36. The molecule has 0 saturated heterocycles. The molecule has 0 unspecified atom stereocenters. The van der Waals surface area contributed by atoms with Crippen LogP contribution in [-0.2, 0) is 11.3 Å². The number of rotatable bonds is 4. The molecule has 0 atom stereocenters. The molecule has 0 bridgehead atoms. The molecule has 2 rings (SSSR count). The first-order valence-electron chi connectivity index (χ1n) is 5.45. The van der Waals surface area contributed by atoms with E-state index in [0.717, 1.165) is 6.07 Å². The summed E-state index contributed by atoms with van der Waals surface area (Å²) in [6, 6.07) is 1.32. The van der Waals surface area contributed by atoms with Crippen LogP contribution in [0.2, 0.25) is 0 Å². The van der Waals surface area contributed by atoms with Gasteiger partial charge in [0.05, 0.1) is 19.3 Å². The van der Waals surface area contributed by atoms with Gasteiger partial charge in [-0.1, -0.05) is 0 Å². The third-order valence-electron chi connectivity index (χ3n) is 2.91. The van der Waals surface area contributed by atoms with Gasteiger partial charge in [-0.3, -0.25) is 0 Å². The van der Waals surface area contributed by atoms with Gasteiger partial charge < -0.3 is 9.84 Å². The standard InChI is InChI=1S/C12H13F3O2/c13-10-4-12(15)11(14)3-8(10)6-17-5-7-1-9(16)2-7/h3-4,7,9,16H,1-2,5-6H2. The van der Waals surface area contributed by atoms with E-state index in [1.54, 1.807) is 0 Å². The Morgan fingerprint density at radius 2 is 1.76 bits per heavy atom. The van der Waals surface area contributed by atoms with Crippen LogP contribution >= 0.6 is 0 Å². The molecule has 0 heterocycles. The second kappa shape index (κ2) is 5.06. The first-order valence-corrected chi connectivity index (χ1v) is 5.45. The number of hydrogen-bond donors (Lipinski definition) is 1. The van der Waals surface area contributed by atoms with Crippen LogP contribution < -0.4 is 0 Å². The van der Waals surface area contributed by atoms with Gasteiger partial charge in [0.15, 0.2) is 11.6 Å². The van der Waals surface area contributed by atoms with Crippen molar-refractivity contribution < 1.29 is 23.0 Å². The lowest BCUT2D eigenvalue weighted by Crippen LogP contribution is -2.31. The lowest BCUT2D eigenvalue weighted by atomic mass is 9.83. The summed E-state index contributed by atoms with van der Waals surface area (Å²) in [5.74, 6) is -2.81. The van der Waals surface area contributed by atoms with E-state index >= 15 is 0 Å². The number of halogens is 3. The van der Waals surface area contributed by atoms with Crippen molar-refractivity contribution in [2.24, 2.45) is 5.92 Å². The van der Waals surface area contributed by atoms with Crippen molar-refractivity contribution in [3.05, 3.63) is 35.1 Å². The monoisotopic (exact) mass is 246 g/mol. The van der Waals surface area contributed by atoms with Gasteiger partial charge in [0.2, 0.25) is 0 Å². The molecule has 1 N–H and O–H groups in total. The average Bonchev–Trinajstić information content (AvgIpc) is 2.22. The van der Waals surface area contributed by atoms with Crippen LogP contribution in [0.4, 0.5) is 13.2 Å². The van der Waals surface area contributed by atoms with Crippen LogP contribution in [0.3, 0.4) is 0 Å². The fraction of sp³-hybridized carbons (Fsp3) is 0.500. The summed E-state index contributed by atoms with van der Waals surface area (Å²) in [6.45, 7) is 0.311. The topological polar surface area (TPSA) is 29.5 Å². The van der Waals surface area contributed by atoms with Crippen molar-refractivity contribution >= 4 is 0 Å². The normalized spacial score (nSPS) is 23.5. The van der Waals surface area contributed by atoms with Crippen molar-refractivity contribution in [3.8, 4) is 0 Å². The average molecular weight is 246 g/mol. The van der Waals surface area contributed by atoms with Gasteiger partial charge in [0.25, 0.3) is 0 Å². The highest BCUT2D eigenvalue weighted by molar-refractivity contribution is 5.19. The quantitative estimate of drug-likeness (QED) is 0.826. The van der Waals surface area contributed by atoms with Crippen LogP contribution in [0.1, 0.15) is 18.4 Å². The molecule has 0 spiro atoms. The molecule has 1 saturated carbocycles. The predicted octanol–water partition coefficient (Wildman–Crippen LogP) is 2.39. The van der Waals surface area contributed by atoms with Crippen molar-refractivity contribution in [1.82, 2.24) is 0 Å². The fourth-order valence-corrected chi connectivity index (χ4v) is 1.85. The Labute approximate surface area is 97.0 Å². The van der Waals surface area contributed by atoms with Crippen molar-refractivity contribution in [3.63, 3.8) is 0 Å². The van der Waals surface area contributed by atoms with Gasteiger partial charge in [-0.25, -0.2) is 13.2 Å². The van der Waals surface area contributed by atoms with Crippen LogP contribution in [0.15, 0.2) is 12.1 Å². The van der Waals surface area contributed by atoms with Gasteiger partial charge in [-0.15, -0.1) is 0 Å². The molecule has 17 heavy (non-hydrogen) atoms. The van der Waals surface area contributed by atoms with E-state index < -0.39 is 17.5 Å². The summed E-state index contributed by atoms with van der Waals surface area (Å²) >= 11 is 0. The van der Waals surface area contributed by atoms with Gasteiger partial charge in [-0.2, -0.15) is 0 Å². The minimum Gasteiger partial charge on any atom is -0.393 e. The molecular formula is C12H13F3O2. The maximum Gasteiger partial charge on any atom is 0.161 e. The molecule has 2 nitrogen and oxygen atoms in total. The number of aliphatic hydroxyl groups is 1. The number of benzene rings is 1. The van der Waals surface area contributed by atoms with Crippen molar-refractivity contribution in [2.45, 2.75) is 25.6 Å². The third kappa shape index (κ3) is 2.98. The summed E-state index contributed by atoms with van der Waals surface area (Å²) in [6.07, 6.45) is 1.10. The largest absolute Gasteiger partial charge is 0.393 e. The predicted molar refractivity (Wildman–Crippen MR) is 54.7 cm³/mol. The lowest BCUT2D eigenvalue weighted by Gasteiger charge is -2.30. The Morgan fingerprint density at radius 3 is 2.41 bits per heavy atom. The van der Waals surface area contributed by atoms with E-state index in [1.165, 1.54) is 0 Å². The summed E-state index contributed by atoms with van der Waals surface area (Å²) in [7, 11) is 0. The van der Waals surface area contributed by atoms with E-state index in [9.17, 15) is 13.2 Å². The summed E-state index contributed by atoms with van der Waals surface area (Å²) in [5, 5.41) is 9.04. The van der Waals surface area contributed by atoms with Crippen LogP contribution in [-0.4, -0.2) is 17.8 Å². The highest BCUT2D eigenvalue weighted by Crippen LogP contribution is 2.27. The van der Waals surface area contributed by atoms with E-state index in [2.05, 4.69) is 0 Å². The molecule has 0 amide bonds. The Bertz CT molecular complexity index is 403. The van der Waals surface area contributed by atoms with Gasteiger partial charge in [0, 0.05) is 11.6 Å². The zero-order valence-electron chi connectivity index (χ0n) is 9.13. The van der Waals surface area contributed by atoms with E-state index in [1.807, 2.05) is 0 Å². The molecule has 0 aromatic heterocycles. The zero-order chi connectivity index (χ0) is 12.4. The third-order valence-corrected chi connectivity index (χ3v) is 2.91. The van der Waals surface area contributed by atoms with Crippen LogP contribution in [0, 0.1) is 23.4 Å². The second-order valence-corrected chi connectivity index (χ2v) is 4.36. The molecule has 1 aliphatic carbocycles. The van der Waals surface area contributed by atoms with Crippen molar-refractivity contribution in [2.75, 3.05) is 6.61 Å². The summed E-state index contributed by atoms with van der Waals surface area (Å²) in [4.78, 5) is 0. The molecule has 0 radical (unpaired) electrons. The molecule has 1 fully saturated rings. The number of hydrogen-bond acceptors (Lipinski definition) is 2. The van der Waals surface area contributed by atoms with Crippen LogP contribution in [0.25, 0.3) is 0 Å². The molecule has 1 aromatic rings. The lowest BCUT2D eigenvalue weighted by molar-refractivity contribution is -0.0151. The Kier molecular flexibility index (Phi) is 3.69. The number of aliphatic hydroxyl groups excluding tert-OH is 1. The molecule has 1 aromatic carbocycles. The van der Waals surface area contributed by atoms with Crippen LogP contribution in [0.5, 0.6) is 0 Å². The molecular weight excluding hydrogens is 233 g/mol. The van der Waals surface area contributed by atoms with E-state index in [0.29, 0.717) is 25.5 Å². The maximum absolute atomic E-state index is 13.2.